The predicted octanol–water partition coefficient (Wildman–Crippen LogP) is 5.04. The molecule has 1 aliphatic heterocycles. The largest absolute Gasteiger partial charge is 0.449 e. The number of carbonyl (C=O) groups is 1. The van der Waals surface area contributed by atoms with Crippen LogP contribution in [0, 0.1) is 12.3 Å². The highest BCUT2D eigenvalue weighted by Gasteiger charge is 2.29. The zero-order chi connectivity index (χ0) is 26.0. The van der Waals surface area contributed by atoms with Crippen molar-refractivity contribution in [1.82, 2.24) is 29.7 Å². The number of rotatable bonds is 7. The number of H-pyrrole nitrogens is 1. The Morgan fingerprint density at radius 2 is 2.00 bits per heavy atom. The average molecular weight is 499 g/mol. The number of aromatic nitrogens is 5. The number of hydrogen-bond donors (Lipinski definition) is 1. The molecule has 1 saturated heterocycles. The van der Waals surface area contributed by atoms with E-state index in [0.29, 0.717) is 48.4 Å². The van der Waals surface area contributed by atoms with Crippen molar-refractivity contribution >= 4 is 11.7 Å². The van der Waals surface area contributed by atoms with E-state index < -0.39 is 0 Å². The van der Waals surface area contributed by atoms with Crippen molar-refractivity contribution in [3.63, 3.8) is 0 Å². The molecule has 3 aromatic rings. The zero-order valence-corrected chi connectivity index (χ0v) is 22.3. The molecule has 3 aromatic heterocycles. The first-order valence-corrected chi connectivity index (χ1v) is 13.0. The third-order valence-corrected chi connectivity index (χ3v) is 6.69. The lowest BCUT2D eigenvalue weighted by Gasteiger charge is -2.32. The van der Waals surface area contributed by atoms with Gasteiger partial charge in [-0.2, -0.15) is 5.10 Å². The summed E-state index contributed by atoms with van der Waals surface area (Å²) in [5.41, 5.74) is 2.45. The van der Waals surface area contributed by atoms with Gasteiger partial charge in [0.05, 0.1) is 18.0 Å². The summed E-state index contributed by atoms with van der Waals surface area (Å²) in [6, 6.07) is 1.60. The molecular weight excluding hydrogens is 460 g/mol. The van der Waals surface area contributed by atoms with E-state index in [1.807, 2.05) is 27.7 Å². The summed E-state index contributed by atoms with van der Waals surface area (Å²) in [6.45, 7) is 13.7. The molecule has 1 unspecified atom stereocenters. The number of carbonyl (C=O) groups excluding carboxylic acids is 1. The monoisotopic (exact) mass is 498 g/mol. The molecule has 1 atom stereocenters. The maximum Gasteiger partial charge on any atom is 0.409 e. The maximum atomic E-state index is 12.7. The van der Waals surface area contributed by atoms with E-state index in [4.69, 9.17) is 14.3 Å². The second-order valence-electron chi connectivity index (χ2n) is 11.1. The lowest BCUT2D eigenvalue weighted by Crippen LogP contribution is -2.39. The van der Waals surface area contributed by atoms with Crippen LogP contribution in [0.3, 0.4) is 0 Å². The quantitative estimate of drug-likeness (QED) is 0.485. The van der Waals surface area contributed by atoms with Crippen molar-refractivity contribution < 1.29 is 13.9 Å². The molecule has 36 heavy (non-hydrogen) atoms. The number of likely N-dealkylation sites (tertiary alicyclic amines) is 1. The molecule has 0 bridgehead atoms. The molecule has 10 heteroatoms. The molecule has 0 saturated carbocycles. The number of aromatic amines is 1. The summed E-state index contributed by atoms with van der Waals surface area (Å²) >= 11 is 0. The van der Waals surface area contributed by atoms with E-state index in [1.54, 1.807) is 15.5 Å². The summed E-state index contributed by atoms with van der Waals surface area (Å²) in [5, 5.41) is 13.3. The van der Waals surface area contributed by atoms with Gasteiger partial charge >= 0.3 is 6.09 Å². The molecule has 4 heterocycles. The van der Waals surface area contributed by atoms with Gasteiger partial charge in [-0.15, -0.1) is 10.2 Å². The highest BCUT2D eigenvalue weighted by atomic mass is 16.6. The second kappa shape index (κ2) is 10.4. The van der Waals surface area contributed by atoms with Gasteiger partial charge in [-0.05, 0) is 31.6 Å². The number of amides is 1. The van der Waals surface area contributed by atoms with Crippen LogP contribution in [0.5, 0.6) is 0 Å². The Balaban J connectivity index is 1.56. The van der Waals surface area contributed by atoms with Crippen LogP contribution in [0.25, 0.3) is 17.1 Å². The van der Waals surface area contributed by atoms with Crippen LogP contribution in [0.4, 0.5) is 4.79 Å². The zero-order valence-electron chi connectivity index (χ0n) is 22.3. The number of fused-ring (bicyclic) bond motifs is 1. The third kappa shape index (κ3) is 5.63. The predicted molar refractivity (Wildman–Crippen MR) is 136 cm³/mol. The minimum absolute atomic E-state index is 0.0764. The van der Waals surface area contributed by atoms with Crippen LogP contribution >= 0.6 is 0 Å². The first-order chi connectivity index (χ1) is 17.1. The number of unbranched alkanes of at least 4 members (excludes halogenated alkanes) is 1. The highest BCUT2D eigenvalue weighted by Crippen LogP contribution is 2.32. The van der Waals surface area contributed by atoms with E-state index in [-0.39, 0.29) is 28.9 Å². The Hall–Kier alpha value is -3.17. The van der Waals surface area contributed by atoms with Gasteiger partial charge in [0.1, 0.15) is 11.2 Å². The fraction of sp³-hybridized carbons (Fsp3) is 0.654. The van der Waals surface area contributed by atoms with Gasteiger partial charge in [-0.1, -0.05) is 47.5 Å². The summed E-state index contributed by atoms with van der Waals surface area (Å²) < 4.78 is 13.3. The number of aryl methyl sites for hydroxylation is 1. The van der Waals surface area contributed by atoms with Gasteiger partial charge in [0.25, 0.3) is 11.4 Å². The number of nitrogens with zero attached hydrogens (tertiary/aromatic N) is 5. The lowest BCUT2D eigenvalue weighted by atomic mass is 9.93. The van der Waals surface area contributed by atoms with Crippen LogP contribution in [-0.4, -0.2) is 55.5 Å². The van der Waals surface area contributed by atoms with Crippen LogP contribution in [-0.2, 0) is 4.74 Å². The first-order valence-electron chi connectivity index (χ1n) is 13.0. The Bertz CT molecular complexity index is 1260. The summed E-state index contributed by atoms with van der Waals surface area (Å²) in [4.78, 5) is 29.8. The minimum atomic E-state index is -0.281. The molecule has 1 fully saturated rings. The fourth-order valence-corrected chi connectivity index (χ4v) is 4.62. The molecule has 10 nitrogen and oxygen atoms in total. The third-order valence-electron chi connectivity index (χ3n) is 6.69. The Kier molecular flexibility index (Phi) is 7.51. The molecule has 0 radical (unpaired) electrons. The molecule has 0 spiro atoms. The first kappa shape index (κ1) is 25.9. The smallest absolute Gasteiger partial charge is 0.409 e. The van der Waals surface area contributed by atoms with E-state index in [2.05, 4.69) is 29.0 Å². The van der Waals surface area contributed by atoms with Crippen molar-refractivity contribution in [1.29, 1.82) is 0 Å². The summed E-state index contributed by atoms with van der Waals surface area (Å²) in [7, 11) is 0. The lowest BCUT2D eigenvalue weighted by molar-refractivity contribution is 0.0652. The van der Waals surface area contributed by atoms with Crippen LogP contribution in [0.2, 0.25) is 0 Å². The minimum Gasteiger partial charge on any atom is -0.449 e. The Morgan fingerprint density at radius 1 is 1.28 bits per heavy atom. The number of nitrogens with one attached hydrogen (secondary N) is 1. The van der Waals surface area contributed by atoms with Gasteiger partial charge in [-0.25, -0.2) is 9.31 Å². The number of piperidine rings is 1. The molecule has 0 aliphatic carbocycles. The Labute approximate surface area is 211 Å². The normalized spacial score (nSPS) is 16.0. The standard InChI is InChI=1S/C26H38N6O4/c1-7-8-9-16(2)23-28-29-24(36-23)21-17(3)30-32-19(14-20(33)27-22(21)32)18-10-12-31(13-11-18)25(34)35-15-26(4,5)6/h14,16,18H,7-13,15H2,1-6H3,(H,27,33). The van der Waals surface area contributed by atoms with E-state index >= 15 is 0 Å². The van der Waals surface area contributed by atoms with Crippen LogP contribution in [0.1, 0.15) is 95.8 Å². The van der Waals surface area contributed by atoms with Crippen molar-refractivity contribution in [2.45, 2.75) is 85.5 Å². The van der Waals surface area contributed by atoms with E-state index in [1.165, 1.54) is 0 Å². The van der Waals surface area contributed by atoms with Gasteiger partial charge in [-0.3, -0.25) is 4.79 Å². The molecule has 1 aliphatic rings. The molecule has 196 valence electrons. The molecule has 4 rings (SSSR count). The van der Waals surface area contributed by atoms with Crippen molar-refractivity contribution in [2.75, 3.05) is 19.7 Å². The second-order valence-corrected chi connectivity index (χ2v) is 11.1. The van der Waals surface area contributed by atoms with E-state index in [0.717, 1.165) is 37.8 Å². The fourth-order valence-electron chi connectivity index (χ4n) is 4.62. The van der Waals surface area contributed by atoms with Crippen molar-refractivity contribution in [3.8, 4) is 11.5 Å². The van der Waals surface area contributed by atoms with Crippen molar-refractivity contribution in [2.24, 2.45) is 5.41 Å². The summed E-state index contributed by atoms with van der Waals surface area (Å²) in [6.07, 6.45) is 4.35. The van der Waals surface area contributed by atoms with E-state index in [9.17, 15) is 9.59 Å². The van der Waals surface area contributed by atoms with Crippen LogP contribution < -0.4 is 5.56 Å². The maximum absolute atomic E-state index is 12.7. The SMILES string of the molecule is CCCCC(C)c1nnc(-c2c(C)nn3c(C4CCN(C(=O)OCC(C)(C)C)CC4)cc(=O)[nH]c23)o1. The van der Waals surface area contributed by atoms with Gasteiger partial charge in [0.15, 0.2) is 0 Å². The highest BCUT2D eigenvalue weighted by molar-refractivity contribution is 5.74. The van der Waals surface area contributed by atoms with Crippen molar-refractivity contribution in [3.05, 3.63) is 33.7 Å². The summed E-state index contributed by atoms with van der Waals surface area (Å²) in [5.74, 6) is 1.22. The number of hydrogen-bond acceptors (Lipinski definition) is 7. The van der Waals surface area contributed by atoms with Gasteiger partial charge < -0.3 is 19.0 Å². The van der Waals surface area contributed by atoms with Crippen LogP contribution in [0.15, 0.2) is 15.3 Å². The molecule has 1 N–H and O–H groups in total. The van der Waals surface area contributed by atoms with Gasteiger partial charge in [0, 0.05) is 31.0 Å². The van der Waals surface area contributed by atoms with Gasteiger partial charge in [0.2, 0.25) is 5.89 Å². The Morgan fingerprint density at radius 3 is 2.67 bits per heavy atom. The molecular formula is C26H38N6O4. The average Bonchev–Trinajstić information content (AvgIpc) is 3.44. The number of ether oxygens (including phenoxy) is 1. The topological polar surface area (TPSA) is 119 Å². The molecule has 1 amide bonds. The molecule has 0 aromatic carbocycles.